The molecule has 2 heterocycles. The van der Waals surface area contributed by atoms with Crippen molar-refractivity contribution in [1.29, 1.82) is 0 Å². The Bertz CT molecular complexity index is 1280. The highest BCUT2D eigenvalue weighted by Crippen LogP contribution is 2.34. The van der Waals surface area contributed by atoms with Crippen molar-refractivity contribution in [3.63, 3.8) is 0 Å². The number of hydrogen-bond acceptors (Lipinski definition) is 7. The van der Waals surface area contributed by atoms with Crippen molar-refractivity contribution < 1.29 is 23.7 Å². The van der Waals surface area contributed by atoms with Crippen molar-refractivity contribution in [2.24, 2.45) is 0 Å². The van der Waals surface area contributed by atoms with Gasteiger partial charge in [0.05, 0.1) is 24.9 Å². The molecule has 8 heteroatoms. The Labute approximate surface area is 242 Å². The van der Waals surface area contributed by atoms with Gasteiger partial charge in [0.25, 0.3) is 0 Å². The third-order valence-corrected chi connectivity index (χ3v) is 7.62. The van der Waals surface area contributed by atoms with Crippen LogP contribution in [0, 0.1) is 0 Å². The summed E-state index contributed by atoms with van der Waals surface area (Å²) < 4.78 is 23.7. The standard InChI is InChI=1S/C33H41N3O5/c1-24(37)35-28-5-3-6-29(20-28)40-22-25-7-10-27(11-8-25)30-13-14-34-21-33(30)41-23-26-9-12-32-31(19-26)36(16-18-39-32)15-4-17-38-2/h3,5-12,19-20,30,33-34H,4,13-18,21-23H2,1-2H3,(H,35,37)/t30-,33+/m1/s1. The minimum absolute atomic E-state index is 0.0902. The number of nitrogens with zero attached hydrogens (tertiary/aromatic N) is 1. The summed E-state index contributed by atoms with van der Waals surface area (Å²) in [5.74, 6) is 1.89. The Morgan fingerprint density at radius 2 is 1.93 bits per heavy atom. The van der Waals surface area contributed by atoms with Crippen LogP contribution in [0.1, 0.15) is 42.4 Å². The summed E-state index contributed by atoms with van der Waals surface area (Å²) in [6.07, 6.45) is 2.11. The van der Waals surface area contributed by atoms with Gasteiger partial charge in [-0.05, 0) is 60.3 Å². The molecule has 8 nitrogen and oxygen atoms in total. The second-order valence-electron chi connectivity index (χ2n) is 10.7. The van der Waals surface area contributed by atoms with Crippen LogP contribution in [0.2, 0.25) is 0 Å². The lowest BCUT2D eigenvalue weighted by atomic mass is 9.87. The fourth-order valence-electron chi connectivity index (χ4n) is 5.52. The number of rotatable bonds is 12. The lowest BCUT2D eigenvalue weighted by molar-refractivity contribution is -0.114. The van der Waals surface area contributed by atoms with Gasteiger partial charge in [-0.15, -0.1) is 0 Å². The number of ether oxygens (including phenoxy) is 4. The minimum Gasteiger partial charge on any atom is -0.490 e. The largest absolute Gasteiger partial charge is 0.490 e. The molecule has 0 radical (unpaired) electrons. The van der Waals surface area contributed by atoms with E-state index in [1.54, 1.807) is 7.11 Å². The smallest absolute Gasteiger partial charge is 0.221 e. The van der Waals surface area contributed by atoms with E-state index in [-0.39, 0.29) is 12.0 Å². The van der Waals surface area contributed by atoms with Crippen LogP contribution in [-0.4, -0.2) is 58.5 Å². The third-order valence-electron chi connectivity index (χ3n) is 7.62. The first-order valence-corrected chi connectivity index (χ1v) is 14.5. The molecule has 218 valence electrons. The van der Waals surface area contributed by atoms with Crippen molar-refractivity contribution in [3.8, 4) is 11.5 Å². The topological polar surface area (TPSA) is 81.3 Å². The van der Waals surface area contributed by atoms with Crippen LogP contribution in [-0.2, 0) is 27.5 Å². The molecule has 0 saturated carbocycles. The molecular weight excluding hydrogens is 518 g/mol. The SMILES string of the molecule is COCCCN1CCOc2ccc(CO[C@H]3CNCC[C@@H]3c3ccc(COc4cccc(NC(C)=O)c4)cc3)cc21. The predicted molar refractivity (Wildman–Crippen MR) is 161 cm³/mol. The molecule has 0 spiro atoms. The molecule has 5 rings (SSSR count). The molecule has 2 aliphatic heterocycles. The van der Waals surface area contributed by atoms with Gasteiger partial charge in [-0.25, -0.2) is 0 Å². The van der Waals surface area contributed by atoms with Crippen molar-refractivity contribution in [1.82, 2.24) is 5.32 Å². The predicted octanol–water partition coefficient (Wildman–Crippen LogP) is 5.12. The maximum Gasteiger partial charge on any atom is 0.221 e. The lowest BCUT2D eigenvalue weighted by Crippen LogP contribution is -2.41. The Morgan fingerprint density at radius 1 is 1.07 bits per heavy atom. The summed E-state index contributed by atoms with van der Waals surface area (Å²) in [5, 5.41) is 6.30. The number of benzene rings is 3. The van der Waals surface area contributed by atoms with Crippen LogP contribution in [0.4, 0.5) is 11.4 Å². The Morgan fingerprint density at radius 3 is 2.76 bits per heavy atom. The fraction of sp³-hybridized carbons (Fsp3) is 0.424. The Hall–Kier alpha value is -3.59. The summed E-state index contributed by atoms with van der Waals surface area (Å²) in [6, 6.07) is 22.5. The molecule has 0 aliphatic carbocycles. The molecule has 1 saturated heterocycles. The summed E-state index contributed by atoms with van der Waals surface area (Å²) >= 11 is 0. The van der Waals surface area contributed by atoms with Crippen molar-refractivity contribution in [2.45, 2.75) is 45.0 Å². The summed E-state index contributed by atoms with van der Waals surface area (Å²) in [6.45, 7) is 7.63. The fourth-order valence-corrected chi connectivity index (χ4v) is 5.52. The molecule has 0 bridgehead atoms. The van der Waals surface area contributed by atoms with Crippen molar-refractivity contribution in [2.75, 3.05) is 56.7 Å². The lowest BCUT2D eigenvalue weighted by Gasteiger charge is -2.33. The van der Waals surface area contributed by atoms with Crippen LogP contribution < -0.4 is 25.0 Å². The Kier molecular flexibility index (Phi) is 10.1. The van der Waals surface area contributed by atoms with E-state index in [1.807, 2.05) is 24.3 Å². The average Bonchev–Trinajstić information content (AvgIpc) is 2.99. The molecular formula is C33H41N3O5. The Balaban J connectivity index is 1.18. The molecule has 1 amide bonds. The molecule has 2 N–H and O–H groups in total. The van der Waals surface area contributed by atoms with Crippen LogP contribution in [0.3, 0.4) is 0 Å². The molecule has 0 aromatic heterocycles. The highest BCUT2D eigenvalue weighted by Gasteiger charge is 2.27. The van der Waals surface area contributed by atoms with E-state index in [4.69, 9.17) is 18.9 Å². The molecule has 2 atom stereocenters. The number of amides is 1. The van der Waals surface area contributed by atoms with Gasteiger partial charge in [0.15, 0.2) is 0 Å². The van der Waals surface area contributed by atoms with E-state index in [0.717, 1.165) is 79.6 Å². The van der Waals surface area contributed by atoms with Crippen LogP contribution in [0.25, 0.3) is 0 Å². The number of carbonyl (C=O) groups is 1. The van der Waals surface area contributed by atoms with Gasteiger partial charge in [-0.3, -0.25) is 4.79 Å². The van der Waals surface area contributed by atoms with Gasteiger partial charge in [0, 0.05) is 51.4 Å². The summed E-state index contributed by atoms with van der Waals surface area (Å²) in [5.41, 5.74) is 5.41. The van der Waals surface area contributed by atoms with Crippen LogP contribution in [0.15, 0.2) is 66.7 Å². The molecule has 0 unspecified atom stereocenters. The first kappa shape index (κ1) is 28.9. The van der Waals surface area contributed by atoms with E-state index < -0.39 is 0 Å². The zero-order valence-electron chi connectivity index (χ0n) is 24.1. The number of nitrogens with one attached hydrogen (secondary N) is 2. The minimum atomic E-state index is -0.101. The van der Waals surface area contributed by atoms with Gasteiger partial charge in [-0.1, -0.05) is 36.4 Å². The van der Waals surface area contributed by atoms with Gasteiger partial charge in [0.1, 0.15) is 24.7 Å². The normalized spacial score (nSPS) is 18.3. The number of methoxy groups -OCH3 is 1. The highest BCUT2D eigenvalue weighted by molar-refractivity contribution is 5.88. The maximum absolute atomic E-state index is 11.3. The second kappa shape index (κ2) is 14.3. The molecule has 41 heavy (non-hydrogen) atoms. The summed E-state index contributed by atoms with van der Waals surface area (Å²) in [4.78, 5) is 13.7. The zero-order valence-corrected chi connectivity index (χ0v) is 24.1. The van der Waals surface area contributed by atoms with Crippen LogP contribution >= 0.6 is 0 Å². The van der Waals surface area contributed by atoms with E-state index in [2.05, 4.69) is 58.0 Å². The molecule has 3 aromatic rings. The maximum atomic E-state index is 11.3. The van der Waals surface area contributed by atoms with Crippen molar-refractivity contribution in [3.05, 3.63) is 83.4 Å². The highest BCUT2D eigenvalue weighted by atomic mass is 16.5. The first-order chi connectivity index (χ1) is 20.1. The van der Waals surface area contributed by atoms with Gasteiger partial charge in [-0.2, -0.15) is 0 Å². The quantitative estimate of drug-likeness (QED) is 0.298. The zero-order chi connectivity index (χ0) is 28.4. The van der Waals surface area contributed by atoms with Crippen molar-refractivity contribution >= 4 is 17.3 Å². The van der Waals surface area contributed by atoms with Crippen LogP contribution in [0.5, 0.6) is 11.5 Å². The first-order valence-electron chi connectivity index (χ1n) is 14.5. The second-order valence-corrected chi connectivity index (χ2v) is 10.7. The number of piperidine rings is 1. The van der Waals surface area contributed by atoms with E-state index >= 15 is 0 Å². The number of fused-ring (bicyclic) bond motifs is 1. The third kappa shape index (κ3) is 8.00. The number of anilines is 2. The van der Waals surface area contributed by atoms with E-state index in [9.17, 15) is 4.79 Å². The van der Waals surface area contributed by atoms with E-state index in [0.29, 0.717) is 25.7 Å². The van der Waals surface area contributed by atoms with E-state index in [1.165, 1.54) is 12.5 Å². The number of hydrogen-bond donors (Lipinski definition) is 2. The molecule has 2 aliphatic rings. The van der Waals surface area contributed by atoms with Gasteiger partial charge < -0.3 is 34.5 Å². The number of carbonyl (C=O) groups excluding carboxylic acids is 1. The van der Waals surface area contributed by atoms with Gasteiger partial charge in [0.2, 0.25) is 5.91 Å². The molecule has 1 fully saturated rings. The average molecular weight is 560 g/mol. The molecule has 3 aromatic carbocycles. The monoisotopic (exact) mass is 559 g/mol. The van der Waals surface area contributed by atoms with Gasteiger partial charge >= 0.3 is 0 Å². The summed E-state index contributed by atoms with van der Waals surface area (Å²) in [7, 11) is 1.75.